The van der Waals surface area contributed by atoms with Crippen LogP contribution in [0.5, 0.6) is 11.5 Å². The minimum Gasteiger partial charge on any atom is -0.503 e. The lowest BCUT2D eigenvalue weighted by Crippen LogP contribution is -2.06. The molecule has 0 saturated heterocycles. The summed E-state index contributed by atoms with van der Waals surface area (Å²) in [7, 11) is 0. The standard InChI is InChI=1S/C12H2F8O2/c13-3-1(4(14)8(18)11(21)7(3)17)2-5(15)9(19)12(22)10(20)6(2)16/h21-22H. The smallest absolute Gasteiger partial charge is 0.204 e. The van der Waals surface area contributed by atoms with Gasteiger partial charge in [0.05, 0.1) is 11.1 Å². The first kappa shape index (κ1) is 15.9. The molecule has 0 aliphatic carbocycles. The van der Waals surface area contributed by atoms with E-state index < -0.39 is 69.2 Å². The van der Waals surface area contributed by atoms with Gasteiger partial charge in [-0.15, -0.1) is 0 Å². The Morgan fingerprint density at radius 2 is 0.545 bits per heavy atom. The molecule has 0 aliphatic heterocycles. The van der Waals surface area contributed by atoms with Crippen LogP contribution in [-0.2, 0) is 0 Å². The highest BCUT2D eigenvalue weighted by molar-refractivity contribution is 5.69. The molecule has 0 spiro atoms. The molecule has 22 heavy (non-hydrogen) atoms. The monoisotopic (exact) mass is 330 g/mol. The maximum atomic E-state index is 13.5. The fourth-order valence-corrected chi connectivity index (χ4v) is 1.68. The Balaban J connectivity index is 3.03. The van der Waals surface area contributed by atoms with E-state index in [9.17, 15) is 35.1 Å². The molecule has 0 atom stereocenters. The van der Waals surface area contributed by atoms with E-state index in [1.165, 1.54) is 0 Å². The van der Waals surface area contributed by atoms with Crippen LogP contribution in [0.4, 0.5) is 35.1 Å². The Hall–Kier alpha value is -2.52. The third-order valence-electron chi connectivity index (χ3n) is 2.73. The van der Waals surface area contributed by atoms with Gasteiger partial charge in [0.15, 0.2) is 34.8 Å². The Kier molecular flexibility index (Phi) is 3.63. The summed E-state index contributed by atoms with van der Waals surface area (Å²) in [6.45, 7) is 0. The van der Waals surface area contributed by atoms with Crippen molar-refractivity contribution in [3.63, 3.8) is 0 Å². The summed E-state index contributed by atoms with van der Waals surface area (Å²) >= 11 is 0. The molecule has 2 aromatic rings. The molecule has 118 valence electrons. The summed E-state index contributed by atoms with van der Waals surface area (Å²) in [6, 6.07) is 0. The van der Waals surface area contributed by atoms with E-state index in [0.717, 1.165) is 0 Å². The van der Waals surface area contributed by atoms with Gasteiger partial charge in [0.1, 0.15) is 0 Å². The molecule has 0 saturated carbocycles. The van der Waals surface area contributed by atoms with Gasteiger partial charge < -0.3 is 10.2 Å². The van der Waals surface area contributed by atoms with E-state index in [-0.39, 0.29) is 0 Å². The van der Waals surface area contributed by atoms with Gasteiger partial charge in [0.2, 0.25) is 23.3 Å². The van der Waals surface area contributed by atoms with E-state index in [1.54, 1.807) is 0 Å². The lowest BCUT2D eigenvalue weighted by atomic mass is 10.0. The molecule has 10 heteroatoms. The summed E-state index contributed by atoms with van der Waals surface area (Å²) in [6.07, 6.45) is 0. The average Bonchev–Trinajstić information content (AvgIpc) is 2.50. The molecule has 0 aliphatic rings. The SMILES string of the molecule is Oc1c(F)c(F)c(-c2c(F)c(F)c(O)c(F)c2F)c(F)c1F. The maximum absolute atomic E-state index is 13.5. The minimum absolute atomic E-state index is 2.12. The van der Waals surface area contributed by atoms with Crippen LogP contribution in [0.25, 0.3) is 11.1 Å². The molecular weight excluding hydrogens is 328 g/mol. The number of phenolic OH excluding ortho intramolecular Hbond substituents is 2. The highest BCUT2D eigenvalue weighted by Crippen LogP contribution is 2.40. The van der Waals surface area contributed by atoms with Crippen molar-refractivity contribution in [3.8, 4) is 22.6 Å². The third kappa shape index (κ3) is 1.94. The molecule has 2 nitrogen and oxygen atoms in total. The van der Waals surface area contributed by atoms with Gasteiger partial charge in [-0.05, 0) is 0 Å². The van der Waals surface area contributed by atoms with E-state index in [4.69, 9.17) is 10.2 Å². The molecule has 0 bridgehead atoms. The first-order valence-corrected chi connectivity index (χ1v) is 5.21. The van der Waals surface area contributed by atoms with Gasteiger partial charge >= 0.3 is 0 Å². The van der Waals surface area contributed by atoms with Crippen molar-refractivity contribution in [1.82, 2.24) is 0 Å². The van der Waals surface area contributed by atoms with Gasteiger partial charge in [-0.2, -0.15) is 17.6 Å². The Bertz CT molecular complexity index is 677. The topological polar surface area (TPSA) is 40.5 Å². The highest BCUT2D eigenvalue weighted by atomic mass is 19.2. The van der Waals surface area contributed by atoms with Crippen molar-refractivity contribution < 1.29 is 45.3 Å². The first-order chi connectivity index (χ1) is 10.1. The molecule has 0 radical (unpaired) electrons. The van der Waals surface area contributed by atoms with Crippen LogP contribution >= 0.6 is 0 Å². The molecular formula is C12H2F8O2. The van der Waals surface area contributed by atoms with Gasteiger partial charge in [0.25, 0.3) is 0 Å². The Labute approximate surface area is 115 Å². The lowest BCUT2D eigenvalue weighted by molar-refractivity contribution is 0.351. The van der Waals surface area contributed by atoms with Crippen LogP contribution in [0.15, 0.2) is 0 Å². The second-order valence-corrected chi connectivity index (χ2v) is 3.96. The van der Waals surface area contributed by atoms with Crippen molar-refractivity contribution in [2.24, 2.45) is 0 Å². The number of hydrogen-bond donors (Lipinski definition) is 2. The predicted molar refractivity (Wildman–Crippen MR) is 54.9 cm³/mol. The van der Waals surface area contributed by atoms with Crippen molar-refractivity contribution in [2.75, 3.05) is 0 Å². The average molecular weight is 330 g/mol. The lowest BCUT2D eigenvalue weighted by Gasteiger charge is -2.12. The molecule has 0 amide bonds. The number of halogens is 8. The predicted octanol–water partition coefficient (Wildman–Crippen LogP) is 3.88. The summed E-state index contributed by atoms with van der Waals surface area (Å²) in [5, 5.41) is 17.5. The molecule has 2 aromatic carbocycles. The fourth-order valence-electron chi connectivity index (χ4n) is 1.68. The normalized spacial score (nSPS) is 11.1. The van der Waals surface area contributed by atoms with Crippen molar-refractivity contribution >= 4 is 0 Å². The molecule has 0 heterocycles. The number of benzene rings is 2. The van der Waals surface area contributed by atoms with Gasteiger partial charge in [0, 0.05) is 0 Å². The first-order valence-electron chi connectivity index (χ1n) is 5.21. The Morgan fingerprint density at radius 3 is 0.727 bits per heavy atom. The van der Waals surface area contributed by atoms with Crippen LogP contribution in [-0.4, -0.2) is 10.2 Å². The van der Waals surface area contributed by atoms with Crippen LogP contribution in [0.1, 0.15) is 0 Å². The summed E-state index contributed by atoms with van der Waals surface area (Å²) in [5.74, 6) is -23.9. The summed E-state index contributed by atoms with van der Waals surface area (Å²) in [5.41, 5.74) is -4.25. The summed E-state index contributed by atoms with van der Waals surface area (Å²) < 4.78 is 107. The van der Waals surface area contributed by atoms with Gasteiger partial charge in [-0.25, -0.2) is 17.6 Å². The quantitative estimate of drug-likeness (QED) is 0.615. The van der Waals surface area contributed by atoms with Crippen LogP contribution in [0.2, 0.25) is 0 Å². The number of rotatable bonds is 1. The molecule has 0 fully saturated rings. The van der Waals surface area contributed by atoms with Gasteiger partial charge in [-0.3, -0.25) is 0 Å². The van der Waals surface area contributed by atoms with E-state index in [2.05, 4.69) is 0 Å². The molecule has 2 N–H and O–H groups in total. The minimum atomic E-state index is -2.49. The van der Waals surface area contributed by atoms with E-state index in [0.29, 0.717) is 0 Å². The molecule has 2 rings (SSSR count). The zero-order chi connectivity index (χ0) is 16.9. The second kappa shape index (κ2) is 5.04. The Morgan fingerprint density at radius 1 is 0.364 bits per heavy atom. The van der Waals surface area contributed by atoms with Crippen LogP contribution < -0.4 is 0 Å². The number of aromatic hydroxyl groups is 2. The zero-order valence-corrected chi connectivity index (χ0v) is 9.92. The van der Waals surface area contributed by atoms with Crippen LogP contribution in [0, 0.1) is 46.5 Å². The highest BCUT2D eigenvalue weighted by Gasteiger charge is 2.34. The fraction of sp³-hybridized carbons (Fsp3) is 0. The van der Waals surface area contributed by atoms with Crippen LogP contribution in [0.3, 0.4) is 0 Å². The second-order valence-electron chi connectivity index (χ2n) is 3.96. The van der Waals surface area contributed by atoms with Gasteiger partial charge in [-0.1, -0.05) is 0 Å². The largest absolute Gasteiger partial charge is 0.503 e. The van der Waals surface area contributed by atoms with Crippen molar-refractivity contribution in [1.29, 1.82) is 0 Å². The zero-order valence-electron chi connectivity index (χ0n) is 9.92. The third-order valence-corrected chi connectivity index (χ3v) is 2.73. The summed E-state index contributed by atoms with van der Waals surface area (Å²) in [4.78, 5) is 0. The van der Waals surface area contributed by atoms with E-state index in [1.807, 2.05) is 0 Å². The van der Waals surface area contributed by atoms with E-state index >= 15 is 0 Å². The molecule has 0 aromatic heterocycles. The van der Waals surface area contributed by atoms with Crippen molar-refractivity contribution in [2.45, 2.75) is 0 Å². The number of hydrogen-bond acceptors (Lipinski definition) is 2. The number of phenols is 2. The van der Waals surface area contributed by atoms with Crippen molar-refractivity contribution in [3.05, 3.63) is 46.5 Å². The maximum Gasteiger partial charge on any atom is 0.204 e. The molecule has 0 unspecified atom stereocenters.